The molecule has 2 rings (SSSR count). The van der Waals surface area contributed by atoms with E-state index in [9.17, 15) is 0 Å². The zero-order valence-electron chi connectivity index (χ0n) is 9.84. The van der Waals surface area contributed by atoms with E-state index in [0.29, 0.717) is 0 Å². The van der Waals surface area contributed by atoms with Gasteiger partial charge in [-0.1, -0.05) is 29.8 Å². The first-order chi connectivity index (χ1) is 8.06. The van der Waals surface area contributed by atoms with Crippen molar-refractivity contribution in [1.29, 1.82) is 0 Å². The van der Waals surface area contributed by atoms with Crippen LogP contribution in [0.1, 0.15) is 26.3 Å². The third kappa shape index (κ3) is 3.34. The summed E-state index contributed by atoms with van der Waals surface area (Å²) in [6.45, 7) is 4.20. The van der Waals surface area contributed by atoms with Crippen molar-refractivity contribution < 1.29 is 0 Å². The second kappa shape index (κ2) is 5.55. The summed E-state index contributed by atoms with van der Waals surface area (Å²) < 4.78 is 1.16. The average molecular weight is 330 g/mol. The van der Waals surface area contributed by atoms with E-state index in [0.717, 1.165) is 10.9 Å². The van der Waals surface area contributed by atoms with Crippen molar-refractivity contribution in [2.24, 2.45) is 0 Å². The molecule has 2 aromatic rings. The lowest BCUT2D eigenvalue weighted by Gasteiger charge is -2.07. The Kier molecular flexibility index (Phi) is 4.29. The number of hydrogen-bond donors (Lipinski definition) is 0. The lowest BCUT2D eigenvalue weighted by molar-refractivity contribution is 0.939. The van der Waals surface area contributed by atoms with E-state index in [4.69, 9.17) is 11.6 Å². The summed E-state index contributed by atoms with van der Waals surface area (Å²) in [4.78, 5) is 2.52. The van der Waals surface area contributed by atoms with Crippen LogP contribution in [-0.2, 0) is 6.42 Å². The summed E-state index contributed by atoms with van der Waals surface area (Å²) >= 11 is 11.8. The molecule has 1 heterocycles. The fraction of sp³-hybridized carbons (Fsp3) is 0.286. The molecule has 0 aliphatic heterocycles. The van der Waals surface area contributed by atoms with Crippen molar-refractivity contribution in [1.82, 2.24) is 0 Å². The number of thiophene rings is 1. The van der Waals surface area contributed by atoms with E-state index >= 15 is 0 Å². The maximum Gasteiger partial charge on any atom is 0.0719 e. The molecule has 0 aliphatic carbocycles. The maximum absolute atomic E-state index is 6.46. The quantitative estimate of drug-likeness (QED) is 0.638. The monoisotopic (exact) mass is 328 g/mol. The maximum atomic E-state index is 6.46. The minimum atomic E-state index is 0.0627. The largest absolute Gasteiger partial charge is 0.143 e. The second-order valence-electron chi connectivity index (χ2n) is 4.21. The second-order valence-corrected chi connectivity index (χ2v) is 6.88. The van der Waals surface area contributed by atoms with Crippen LogP contribution in [0.15, 0.2) is 34.8 Å². The van der Waals surface area contributed by atoms with Gasteiger partial charge in [-0.25, -0.2) is 0 Å². The summed E-state index contributed by atoms with van der Waals surface area (Å²) in [5, 5.41) is 0.0627. The fourth-order valence-corrected chi connectivity index (χ4v) is 3.58. The molecule has 1 atom stereocenters. The number of benzene rings is 1. The standard InChI is InChI=1S/C14H14BrClS/c1-9-3-5-11(6-4-9)7-13(16)14-8-12(15)10(2)17-14/h3-6,8,13H,7H2,1-2H3. The van der Waals surface area contributed by atoms with Crippen LogP contribution in [0.5, 0.6) is 0 Å². The molecule has 1 aromatic carbocycles. The molecular weight excluding hydrogens is 316 g/mol. The molecule has 0 spiro atoms. The molecule has 3 heteroatoms. The first-order valence-corrected chi connectivity index (χ1v) is 7.56. The zero-order valence-corrected chi connectivity index (χ0v) is 13.0. The molecule has 0 saturated heterocycles. The molecule has 0 aliphatic rings. The lowest BCUT2D eigenvalue weighted by Crippen LogP contribution is -1.93. The Hall–Kier alpha value is -0.310. The van der Waals surface area contributed by atoms with Crippen LogP contribution in [-0.4, -0.2) is 0 Å². The molecule has 1 unspecified atom stereocenters. The predicted octanol–water partition coefficient (Wildman–Crippen LogP) is 5.65. The smallest absolute Gasteiger partial charge is 0.0719 e. The zero-order chi connectivity index (χ0) is 12.4. The third-order valence-corrected chi connectivity index (χ3v) is 5.49. The van der Waals surface area contributed by atoms with Gasteiger partial charge in [-0.15, -0.1) is 22.9 Å². The lowest BCUT2D eigenvalue weighted by atomic mass is 10.1. The van der Waals surface area contributed by atoms with Gasteiger partial charge in [-0.3, -0.25) is 0 Å². The van der Waals surface area contributed by atoms with E-state index in [1.54, 1.807) is 11.3 Å². The van der Waals surface area contributed by atoms with Crippen LogP contribution in [0.2, 0.25) is 0 Å². The Balaban J connectivity index is 2.11. The number of halogens is 2. The Morgan fingerprint density at radius 1 is 1.24 bits per heavy atom. The normalized spacial score (nSPS) is 12.7. The molecule has 17 heavy (non-hydrogen) atoms. The molecule has 1 aromatic heterocycles. The van der Waals surface area contributed by atoms with Crippen molar-refractivity contribution in [3.05, 3.63) is 55.7 Å². The highest BCUT2D eigenvalue weighted by Gasteiger charge is 2.13. The number of hydrogen-bond acceptors (Lipinski definition) is 1. The van der Waals surface area contributed by atoms with E-state index < -0.39 is 0 Å². The SMILES string of the molecule is Cc1ccc(CC(Cl)c2cc(Br)c(C)s2)cc1. The van der Waals surface area contributed by atoms with Crippen LogP contribution in [0.4, 0.5) is 0 Å². The average Bonchev–Trinajstić information content (AvgIpc) is 2.63. The highest BCUT2D eigenvalue weighted by atomic mass is 79.9. The summed E-state index contributed by atoms with van der Waals surface area (Å²) in [6.07, 6.45) is 0.883. The topological polar surface area (TPSA) is 0 Å². The minimum Gasteiger partial charge on any atom is -0.143 e. The van der Waals surface area contributed by atoms with Crippen molar-refractivity contribution in [3.8, 4) is 0 Å². The summed E-state index contributed by atoms with van der Waals surface area (Å²) in [5.41, 5.74) is 2.58. The fourth-order valence-electron chi connectivity index (χ4n) is 1.67. The van der Waals surface area contributed by atoms with Gasteiger partial charge in [-0.2, -0.15) is 0 Å². The van der Waals surface area contributed by atoms with Gasteiger partial charge >= 0.3 is 0 Å². The van der Waals surface area contributed by atoms with E-state index in [1.807, 2.05) is 0 Å². The summed E-state index contributed by atoms with van der Waals surface area (Å²) in [7, 11) is 0. The number of alkyl halides is 1. The van der Waals surface area contributed by atoms with Crippen LogP contribution >= 0.6 is 38.9 Å². The van der Waals surface area contributed by atoms with E-state index in [1.165, 1.54) is 20.9 Å². The summed E-state index contributed by atoms with van der Waals surface area (Å²) in [6, 6.07) is 10.7. The number of aryl methyl sites for hydroxylation is 2. The highest BCUT2D eigenvalue weighted by molar-refractivity contribution is 9.10. The van der Waals surface area contributed by atoms with Crippen molar-refractivity contribution in [2.75, 3.05) is 0 Å². The minimum absolute atomic E-state index is 0.0627. The van der Waals surface area contributed by atoms with Gasteiger partial charge in [-0.05, 0) is 47.8 Å². The third-order valence-electron chi connectivity index (χ3n) is 2.72. The van der Waals surface area contributed by atoms with Crippen LogP contribution in [0, 0.1) is 13.8 Å². The molecule has 0 amide bonds. The Morgan fingerprint density at radius 2 is 1.88 bits per heavy atom. The van der Waals surface area contributed by atoms with Crippen LogP contribution < -0.4 is 0 Å². The van der Waals surface area contributed by atoms with Gasteiger partial charge in [0.2, 0.25) is 0 Å². The highest BCUT2D eigenvalue weighted by Crippen LogP contribution is 2.35. The molecule has 0 bridgehead atoms. The molecule has 0 radical (unpaired) electrons. The Morgan fingerprint density at radius 3 is 2.41 bits per heavy atom. The van der Waals surface area contributed by atoms with E-state index in [2.05, 4.69) is 60.1 Å². The molecule has 90 valence electrons. The van der Waals surface area contributed by atoms with Crippen LogP contribution in [0.3, 0.4) is 0 Å². The Bertz CT molecular complexity index is 482. The van der Waals surface area contributed by atoms with Gasteiger partial charge < -0.3 is 0 Å². The van der Waals surface area contributed by atoms with Crippen LogP contribution in [0.25, 0.3) is 0 Å². The Labute approximate surface area is 120 Å². The molecule has 0 nitrogen and oxygen atoms in total. The molecular formula is C14H14BrClS. The molecule has 0 N–H and O–H groups in total. The first-order valence-electron chi connectivity index (χ1n) is 5.51. The molecule has 0 fully saturated rings. The van der Waals surface area contributed by atoms with Gasteiger partial charge in [0.15, 0.2) is 0 Å². The van der Waals surface area contributed by atoms with Gasteiger partial charge in [0.1, 0.15) is 0 Å². The first kappa shape index (κ1) is 13.1. The van der Waals surface area contributed by atoms with Gasteiger partial charge in [0.25, 0.3) is 0 Å². The van der Waals surface area contributed by atoms with Crippen molar-refractivity contribution >= 4 is 38.9 Å². The summed E-state index contributed by atoms with van der Waals surface area (Å²) in [5.74, 6) is 0. The molecule has 0 saturated carbocycles. The van der Waals surface area contributed by atoms with Crippen molar-refractivity contribution in [2.45, 2.75) is 25.6 Å². The predicted molar refractivity (Wildman–Crippen MR) is 80.2 cm³/mol. The van der Waals surface area contributed by atoms with Gasteiger partial charge in [0, 0.05) is 14.2 Å². The number of rotatable bonds is 3. The van der Waals surface area contributed by atoms with Gasteiger partial charge in [0.05, 0.1) is 5.38 Å². The van der Waals surface area contributed by atoms with E-state index in [-0.39, 0.29) is 5.38 Å². The van der Waals surface area contributed by atoms with Crippen molar-refractivity contribution in [3.63, 3.8) is 0 Å².